The van der Waals surface area contributed by atoms with E-state index < -0.39 is 32.5 Å². The van der Waals surface area contributed by atoms with Crippen LogP contribution in [0.15, 0.2) is 80.1 Å². The highest BCUT2D eigenvalue weighted by Crippen LogP contribution is 2.38. The van der Waals surface area contributed by atoms with Crippen molar-refractivity contribution in [3.8, 4) is 11.3 Å². The van der Waals surface area contributed by atoms with Gasteiger partial charge in [-0.1, -0.05) is 49.1 Å². The molecule has 1 aliphatic heterocycles. The number of allylic oxidation sites excluding steroid dienone is 3. The summed E-state index contributed by atoms with van der Waals surface area (Å²) in [6.07, 6.45) is 6.95. The van der Waals surface area contributed by atoms with E-state index >= 15 is 0 Å². The minimum absolute atomic E-state index is 0.0356. The predicted octanol–water partition coefficient (Wildman–Crippen LogP) is 5.52. The molecule has 1 aromatic heterocycles. The number of nitrogens with one attached hydrogen (secondary N) is 2. The highest BCUT2D eigenvalue weighted by atomic mass is 32.2. The van der Waals surface area contributed by atoms with Gasteiger partial charge < -0.3 is 10.4 Å². The molecule has 0 fully saturated rings. The minimum atomic E-state index is -4.72. The second-order valence-electron chi connectivity index (χ2n) is 8.89. The van der Waals surface area contributed by atoms with E-state index in [-0.39, 0.29) is 18.0 Å². The molecule has 0 saturated heterocycles. The predicted molar refractivity (Wildman–Crippen MR) is 149 cm³/mol. The molecule has 0 saturated carbocycles. The molecule has 2 heterocycles. The Kier molecular flexibility index (Phi) is 10.1. The van der Waals surface area contributed by atoms with E-state index in [1.807, 2.05) is 0 Å². The van der Waals surface area contributed by atoms with Crippen molar-refractivity contribution in [3.63, 3.8) is 0 Å². The van der Waals surface area contributed by atoms with Gasteiger partial charge in [0.15, 0.2) is 0 Å². The van der Waals surface area contributed by atoms with Crippen LogP contribution < -0.4 is 10.0 Å². The quantitative estimate of drug-likeness (QED) is 0.207. The van der Waals surface area contributed by atoms with Gasteiger partial charge in [0.05, 0.1) is 11.3 Å². The van der Waals surface area contributed by atoms with Gasteiger partial charge >= 0.3 is 6.18 Å². The third-order valence-electron chi connectivity index (χ3n) is 6.25. The number of aromatic nitrogens is 1. The molecule has 0 aliphatic carbocycles. The first kappa shape index (κ1) is 30.1. The van der Waals surface area contributed by atoms with Crippen LogP contribution in [0.3, 0.4) is 0 Å². The van der Waals surface area contributed by atoms with Crippen molar-refractivity contribution < 1.29 is 26.7 Å². The third-order valence-corrected chi connectivity index (χ3v) is 8.06. The van der Waals surface area contributed by atoms with Crippen LogP contribution in [0.4, 0.5) is 19.0 Å². The number of dihydropyridines is 1. The van der Waals surface area contributed by atoms with E-state index in [0.717, 1.165) is 12.1 Å². The molecule has 0 radical (unpaired) electrons. The lowest BCUT2D eigenvalue weighted by molar-refractivity contribution is -0.137. The van der Waals surface area contributed by atoms with E-state index in [9.17, 15) is 26.7 Å². The summed E-state index contributed by atoms with van der Waals surface area (Å²) in [5.74, 6) is -0.262. The average molecular weight is 563 g/mol. The number of anilines is 1. The molecule has 0 spiro atoms. The fourth-order valence-corrected chi connectivity index (χ4v) is 5.88. The second-order valence-corrected chi connectivity index (χ2v) is 10.7. The molecule has 2 aromatic rings. The first-order valence-corrected chi connectivity index (χ1v) is 14.0. The monoisotopic (exact) mass is 562 g/mol. The summed E-state index contributed by atoms with van der Waals surface area (Å²) in [7, 11) is -4.36. The number of alkyl halides is 3. The van der Waals surface area contributed by atoms with Gasteiger partial charge in [-0.05, 0) is 61.7 Å². The van der Waals surface area contributed by atoms with Crippen LogP contribution in [0.1, 0.15) is 36.8 Å². The normalized spacial score (nSPS) is 17.2. The number of hydrogen-bond donors (Lipinski definition) is 3. The number of hydrogen-bond acceptors (Lipinski definition) is 6. The highest BCUT2D eigenvalue weighted by molar-refractivity contribution is 7.94. The first-order valence-electron chi connectivity index (χ1n) is 12.5. The van der Waals surface area contributed by atoms with Crippen LogP contribution in [-0.2, 0) is 16.2 Å². The number of halogens is 3. The standard InChI is InChI=1S/C28H33F3N4O3S/c1-3-5-10-19-35(20-11-12-21-36)27(17-8-9-18-32-27)39(37,38)34-25-16-15-24(28(29,30)31)26(33-25)23-14-7-6-13-22(23)4-2/h3-4,6-9,13-18,32,36H,1-2,5,10-12,19-21H2,(H,33,34). The number of aliphatic hydroxyl groups excluding tert-OH is 1. The second kappa shape index (κ2) is 13.1. The summed E-state index contributed by atoms with van der Waals surface area (Å²) in [4.78, 5) is 4.13. The average Bonchev–Trinajstić information content (AvgIpc) is 2.91. The molecule has 1 aliphatic rings. The van der Waals surface area contributed by atoms with E-state index in [0.29, 0.717) is 44.3 Å². The summed E-state index contributed by atoms with van der Waals surface area (Å²) < 4.78 is 72.2. The van der Waals surface area contributed by atoms with Crippen LogP contribution in [0, 0.1) is 0 Å². The third kappa shape index (κ3) is 6.97. The molecule has 1 atom stereocenters. The van der Waals surface area contributed by atoms with Crippen molar-refractivity contribution in [1.82, 2.24) is 15.2 Å². The first-order chi connectivity index (χ1) is 18.6. The fourth-order valence-electron chi connectivity index (χ4n) is 4.33. The molecule has 1 aromatic carbocycles. The Labute approximate surface area is 227 Å². The molecule has 39 heavy (non-hydrogen) atoms. The molecule has 0 amide bonds. The maximum Gasteiger partial charge on any atom is 0.418 e. The molecule has 3 rings (SSSR count). The Morgan fingerprint density at radius 3 is 2.46 bits per heavy atom. The van der Waals surface area contributed by atoms with E-state index in [1.54, 1.807) is 41.3 Å². The van der Waals surface area contributed by atoms with Crippen molar-refractivity contribution in [1.29, 1.82) is 0 Å². The van der Waals surface area contributed by atoms with Gasteiger partial charge in [0, 0.05) is 25.3 Å². The molecule has 210 valence electrons. The van der Waals surface area contributed by atoms with Crippen LogP contribution in [-0.4, -0.2) is 48.1 Å². The SMILES string of the molecule is C=CCCCN(CCCCO)C1(S(=O)(=O)Nc2ccc(C(F)(F)F)c(-c3ccccc3C=C)n2)C=CC=CN1. The van der Waals surface area contributed by atoms with Crippen molar-refractivity contribution in [2.45, 2.75) is 36.9 Å². The Morgan fingerprint density at radius 2 is 1.82 bits per heavy atom. The fraction of sp³-hybridized carbons (Fsp3) is 0.321. The smallest absolute Gasteiger partial charge is 0.396 e. The molecule has 3 N–H and O–H groups in total. The number of unbranched alkanes of at least 4 members (excludes halogenated alkanes) is 2. The molecular weight excluding hydrogens is 529 g/mol. The van der Waals surface area contributed by atoms with Crippen LogP contribution >= 0.6 is 0 Å². The number of aliphatic hydroxyl groups is 1. The zero-order valence-electron chi connectivity index (χ0n) is 21.5. The summed E-state index contributed by atoms with van der Waals surface area (Å²) in [5.41, 5.74) is -0.816. The maximum absolute atomic E-state index is 14.0. The maximum atomic E-state index is 14.0. The Bertz CT molecular complexity index is 1330. The largest absolute Gasteiger partial charge is 0.418 e. The van der Waals surface area contributed by atoms with Crippen LogP contribution in [0.25, 0.3) is 17.3 Å². The molecule has 1 unspecified atom stereocenters. The number of sulfonamides is 1. The van der Waals surface area contributed by atoms with E-state index in [2.05, 4.69) is 28.2 Å². The Balaban J connectivity index is 2.08. The van der Waals surface area contributed by atoms with Crippen molar-refractivity contribution in [3.05, 3.63) is 91.2 Å². The van der Waals surface area contributed by atoms with Crippen LogP contribution in [0.5, 0.6) is 0 Å². The van der Waals surface area contributed by atoms with Gasteiger partial charge in [-0.2, -0.15) is 13.2 Å². The summed E-state index contributed by atoms with van der Waals surface area (Å²) >= 11 is 0. The minimum Gasteiger partial charge on any atom is -0.396 e. The Morgan fingerprint density at radius 1 is 1.08 bits per heavy atom. The van der Waals surface area contributed by atoms with E-state index in [4.69, 9.17) is 0 Å². The van der Waals surface area contributed by atoms with Gasteiger partial charge in [0.2, 0.25) is 4.99 Å². The number of nitrogens with zero attached hydrogens (tertiary/aromatic N) is 2. The summed E-state index contributed by atoms with van der Waals surface area (Å²) in [5, 5.41) is 12.2. The van der Waals surface area contributed by atoms with Gasteiger partial charge in [-0.15, -0.1) is 6.58 Å². The summed E-state index contributed by atoms with van der Waals surface area (Å²) in [6, 6.07) is 8.15. The molecule has 7 nitrogen and oxygen atoms in total. The lowest BCUT2D eigenvalue weighted by atomic mass is 10.00. The van der Waals surface area contributed by atoms with Crippen molar-refractivity contribution >= 4 is 21.9 Å². The highest BCUT2D eigenvalue weighted by Gasteiger charge is 2.47. The van der Waals surface area contributed by atoms with E-state index in [1.165, 1.54) is 24.4 Å². The molecular formula is C28H33F3N4O3S. The van der Waals surface area contributed by atoms with Crippen molar-refractivity contribution in [2.24, 2.45) is 0 Å². The van der Waals surface area contributed by atoms with Gasteiger partial charge in [-0.3, -0.25) is 9.62 Å². The summed E-state index contributed by atoms with van der Waals surface area (Å²) in [6.45, 7) is 8.07. The zero-order valence-corrected chi connectivity index (χ0v) is 22.3. The topological polar surface area (TPSA) is 94.6 Å². The Hall–Kier alpha value is -3.41. The number of rotatable bonds is 14. The molecule has 0 bridgehead atoms. The van der Waals surface area contributed by atoms with Crippen LogP contribution in [0.2, 0.25) is 0 Å². The van der Waals surface area contributed by atoms with Crippen molar-refractivity contribution in [2.75, 3.05) is 24.4 Å². The molecule has 11 heteroatoms. The lowest BCUT2D eigenvalue weighted by Gasteiger charge is -2.42. The lowest BCUT2D eigenvalue weighted by Crippen LogP contribution is -2.63. The van der Waals surface area contributed by atoms with Gasteiger partial charge in [-0.25, -0.2) is 13.4 Å². The van der Waals surface area contributed by atoms with Gasteiger partial charge in [0.1, 0.15) is 5.82 Å². The zero-order chi connectivity index (χ0) is 28.5. The number of benzene rings is 1. The van der Waals surface area contributed by atoms with Gasteiger partial charge in [0.25, 0.3) is 10.0 Å². The number of pyridine rings is 1.